The molecular formula is C14H18N2OS. The molecular weight excluding hydrogens is 244 g/mol. The third-order valence-electron chi connectivity index (χ3n) is 3.26. The van der Waals surface area contributed by atoms with Gasteiger partial charge in [0.15, 0.2) is 0 Å². The lowest BCUT2D eigenvalue weighted by Crippen LogP contribution is -2.32. The second kappa shape index (κ2) is 5.48. The lowest BCUT2D eigenvalue weighted by molar-refractivity contribution is 0.0757. The van der Waals surface area contributed by atoms with E-state index in [2.05, 4.69) is 0 Å². The van der Waals surface area contributed by atoms with Gasteiger partial charge in [0.1, 0.15) is 4.99 Å². The van der Waals surface area contributed by atoms with E-state index in [4.69, 9.17) is 18.0 Å². The Hall–Kier alpha value is -1.42. The van der Waals surface area contributed by atoms with Gasteiger partial charge in [-0.05, 0) is 37.8 Å². The topological polar surface area (TPSA) is 46.3 Å². The number of benzene rings is 1. The van der Waals surface area contributed by atoms with Crippen LogP contribution >= 0.6 is 12.2 Å². The molecule has 0 bridgehead atoms. The number of carbonyl (C=O) groups excluding carboxylic acids is 1. The van der Waals surface area contributed by atoms with E-state index in [1.54, 1.807) is 24.3 Å². The van der Waals surface area contributed by atoms with Crippen LogP contribution in [0.25, 0.3) is 0 Å². The molecule has 96 valence electrons. The molecule has 4 heteroatoms. The molecule has 0 aliphatic heterocycles. The van der Waals surface area contributed by atoms with Gasteiger partial charge >= 0.3 is 0 Å². The second-order valence-electron chi connectivity index (χ2n) is 4.73. The van der Waals surface area contributed by atoms with E-state index in [0.29, 0.717) is 16.5 Å². The first-order valence-electron chi connectivity index (χ1n) is 6.31. The highest BCUT2D eigenvalue weighted by Gasteiger charge is 2.26. The number of hydrogen-bond donors (Lipinski definition) is 1. The molecule has 1 amide bonds. The third kappa shape index (κ3) is 3.07. The Morgan fingerprint density at radius 3 is 2.33 bits per heavy atom. The van der Waals surface area contributed by atoms with Crippen LogP contribution in [0.15, 0.2) is 24.3 Å². The minimum Gasteiger partial charge on any atom is -0.389 e. The first-order valence-corrected chi connectivity index (χ1v) is 6.71. The summed E-state index contributed by atoms with van der Waals surface area (Å²) in [6, 6.07) is 7.21. The summed E-state index contributed by atoms with van der Waals surface area (Å²) >= 11 is 4.89. The van der Waals surface area contributed by atoms with Crippen LogP contribution in [0.3, 0.4) is 0 Å². The van der Waals surface area contributed by atoms with Crippen molar-refractivity contribution in [3.63, 3.8) is 0 Å². The lowest BCUT2D eigenvalue weighted by atomic mass is 10.1. The zero-order valence-electron chi connectivity index (χ0n) is 10.6. The lowest BCUT2D eigenvalue weighted by Gasteiger charge is -2.20. The largest absolute Gasteiger partial charge is 0.389 e. The highest BCUT2D eigenvalue weighted by atomic mass is 32.1. The SMILES string of the molecule is CCN(CC1CC1)C(=O)c1ccc(C(N)=S)cc1. The molecule has 1 aliphatic rings. The van der Waals surface area contributed by atoms with Crippen molar-refractivity contribution in [1.82, 2.24) is 4.90 Å². The minimum absolute atomic E-state index is 0.0962. The Kier molecular flexibility index (Phi) is 3.97. The quantitative estimate of drug-likeness (QED) is 0.827. The molecule has 3 nitrogen and oxygen atoms in total. The smallest absolute Gasteiger partial charge is 0.253 e. The summed E-state index contributed by atoms with van der Waals surface area (Å²) in [6.07, 6.45) is 2.51. The van der Waals surface area contributed by atoms with Gasteiger partial charge in [-0.25, -0.2) is 0 Å². The van der Waals surface area contributed by atoms with Crippen molar-refractivity contribution in [3.8, 4) is 0 Å². The number of nitrogens with zero attached hydrogens (tertiary/aromatic N) is 1. The Balaban J connectivity index is 2.08. The summed E-state index contributed by atoms with van der Waals surface area (Å²) in [4.78, 5) is 14.6. The fourth-order valence-electron chi connectivity index (χ4n) is 1.93. The van der Waals surface area contributed by atoms with Crippen LogP contribution in [0.5, 0.6) is 0 Å². The normalized spacial score (nSPS) is 14.3. The van der Waals surface area contributed by atoms with E-state index < -0.39 is 0 Å². The standard InChI is InChI=1S/C14H18N2OS/c1-2-16(9-10-3-4-10)14(17)12-7-5-11(6-8-12)13(15)18/h5-8,10H,2-4,9H2,1H3,(H2,15,18). The van der Waals surface area contributed by atoms with Gasteiger partial charge in [0.25, 0.3) is 5.91 Å². The molecule has 0 atom stereocenters. The van der Waals surface area contributed by atoms with Gasteiger partial charge in [-0.3, -0.25) is 4.79 Å². The number of amides is 1. The predicted molar refractivity (Wildman–Crippen MR) is 76.6 cm³/mol. The maximum Gasteiger partial charge on any atom is 0.253 e. The molecule has 1 saturated carbocycles. The molecule has 0 spiro atoms. The summed E-state index contributed by atoms with van der Waals surface area (Å²) in [5.41, 5.74) is 7.04. The molecule has 0 unspecified atom stereocenters. The van der Waals surface area contributed by atoms with Gasteiger partial charge in [0.2, 0.25) is 0 Å². The van der Waals surface area contributed by atoms with Crippen molar-refractivity contribution in [2.24, 2.45) is 11.7 Å². The van der Waals surface area contributed by atoms with Gasteiger partial charge in [-0.2, -0.15) is 0 Å². The number of rotatable bonds is 5. The predicted octanol–water partition coefficient (Wildman–Crippen LogP) is 2.19. The van der Waals surface area contributed by atoms with E-state index in [9.17, 15) is 4.79 Å². The fourth-order valence-corrected chi connectivity index (χ4v) is 2.06. The summed E-state index contributed by atoms with van der Waals surface area (Å²) in [7, 11) is 0. The van der Waals surface area contributed by atoms with E-state index in [0.717, 1.165) is 18.7 Å². The molecule has 0 aromatic heterocycles. The van der Waals surface area contributed by atoms with Crippen LogP contribution < -0.4 is 5.73 Å². The maximum atomic E-state index is 12.3. The molecule has 1 aliphatic carbocycles. The van der Waals surface area contributed by atoms with Crippen molar-refractivity contribution in [1.29, 1.82) is 0 Å². The molecule has 0 radical (unpaired) electrons. The Morgan fingerprint density at radius 1 is 1.33 bits per heavy atom. The second-order valence-corrected chi connectivity index (χ2v) is 5.17. The van der Waals surface area contributed by atoms with Crippen LogP contribution in [0.4, 0.5) is 0 Å². The number of hydrogen-bond acceptors (Lipinski definition) is 2. The summed E-state index contributed by atoms with van der Waals surface area (Å²) < 4.78 is 0. The van der Waals surface area contributed by atoms with Crippen LogP contribution in [-0.2, 0) is 0 Å². The summed E-state index contributed by atoms with van der Waals surface area (Å²) in [5, 5.41) is 0. The molecule has 1 aromatic carbocycles. The monoisotopic (exact) mass is 262 g/mol. The van der Waals surface area contributed by atoms with Gasteiger partial charge in [0, 0.05) is 24.2 Å². The van der Waals surface area contributed by atoms with Crippen molar-refractivity contribution >= 4 is 23.1 Å². The van der Waals surface area contributed by atoms with E-state index in [1.807, 2.05) is 11.8 Å². The molecule has 0 heterocycles. The molecule has 0 saturated heterocycles. The van der Waals surface area contributed by atoms with Gasteiger partial charge in [0.05, 0.1) is 0 Å². The molecule has 1 aromatic rings. The van der Waals surface area contributed by atoms with E-state index >= 15 is 0 Å². The highest BCUT2D eigenvalue weighted by molar-refractivity contribution is 7.80. The first kappa shape index (κ1) is 13.0. The Bertz CT molecular complexity index is 451. The van der Waals surface area contributed by atoms with Crippen molar-refractivity contribution < 1.29 is 4.79 Å². The Morgan fingerprint density at radius 2 is 1.89 bits per heavy atom. The molecule has 18 heavy (non-hydrogen) atoms. The van der Waals surface area contributed by atoms with Gasteiger partial charge in [-0.1, -0.05) is 24.4 Å². The van der Waals surface area contributed by atoms with E-state index in [1.165, 1.54) is 12.8 Å². The van der Waals surface area contributed by atoms with Crippen molar-refractivity contribution in [2.45, 2.75) is 19.8 Å². The zero-order chi connectivity index (χ0) is 13.1. The highest BCUT2D eigenvalue weighted by Crippen LogP contribution is 2.30. The van der Waals surface area contributed by atoms with Gasteiger partial charge < -0.3 is 10.6 Å². The maximum absolute atomic E-state index is 12.3. The number of thiocarbonyl (C=S) groups is 1. The number of carbonyl (C=O) groups is 1. The molecule has 2 rings (SSSR count). The van der Waals surface area contributed by atoms with Gasteiger partial charge in [-0.15, -0.1) is 0 Å². The van der Waals surface area contributed by atoms with Crippen molar-refractivity contribution in [2.75, 3.05) is 13.1 Å². The summed E-state index contributed by atoms with van der Waals surface area (Å²) in [5.74, 6) is 0.809. The van der Waals surface area contributed by atoms with Crippen LogP contribution in [0.1, 0.15) is 35.7 Å². The van der Waals surface area contributed by atoms with Crippen LogP contribution in [0, 0.1) is 5.92 Å². The molecule has 2 N–H and O–H groups in total. The third-order valence-corrected chi connectivity index (χ3v) is 3.50. The van der Waals surface area contributed by atoms with Crippen LogP contribution in [0.2, 0.25) is 0 Å². The summed E-state index contributed by atoms with van der Waals surface area (Å²) in [6.45, 7) is 3.66. The molecule has 1 fully saturated rings. The average molecular weight is 262 g/mol. The first-order chi connectivity index (χ1) is 8.61. The minimum atomic E-state index is 0.0962. The zero-order valence-corrected chi connectivity index (χ0v) is 11.4. The van der Waals surface area contributed by atoms with Crippen LogP contribution in [-0.4, -0.2) is 28.9 Å². The van der Waals surface area contributed by atoms with E-state index in [-0.39, 0.29) is 5.91 Å². The fraction of sp³-hybridized carbons (Fsp3) is 0.429. The van der Waals surface area contributed by atoms with Crippen molar-refractivity contribution in [3.05, 3.63) is 35.4 Å². The Labute approximate surface area is 113 Å². The number of nitrogens with two attached hydrogens (primary N) is 1. The average Bonchev–Trinajstić information content (AvgIpc) is 3.19.